The van der Waals surface area contributed by atoms with Crippen molar-refractivity contribution in [3.05, 3.63) is 61.6 Å². The SMILES string of the molecule is Cc1cc(NC(=O)[C@H]2CC(=O)N(c3ccc(C)c([N+](=O)[O-])c3)C2)c(C)cc1Br. The van der Waals surface area contributed by atoms with Crippen molar-refractivity contribution in [3.8, 4) is 0 Å². The molecule has 0 aromatic heterocycles. The van der Waals surface area contributed by atoms with Gasteiger partial charge in [0.05, 0.1) is 16.5 Å². The second-order valence-corrected chi connectivity index (χ2v) is 7.89. The highest BCUT2D eigenvalue weighted by Crippen LogP contribution is 2.31. The van der Waals surface area contributed by atoms with Crippen molar-refractivity contribution in [2.24, 2.45) is 5.92 Å². The van der Waals surface area contributed by atoms with E-state index in [9.17, 15) is 19.7 Å². The summed E-state index contributed by atoms with van der Waals surface area (Å²) < 4.78 is 0.964. The fourth-order valence-electron chi connectivity index (χ4n) is 3.25. The molecule has 0 spiro atoms. The highest BCUT2D eigenvalue weighted by Gasteiger charge is 2.36. The van der Waals surface area contributed by atoms with Crippen LogP contribution in [0.2, 0.25) is 0 Å². The van der Waals surface area contributed by atoms with Crippen molar-refractivity contribution in [3.63, 3.8) is 0 Å². The Hall–Kier alpha value is -2.74. The van der Waals surface area contributed by atoms with Crippen LogP contribution in [0.25, 0.3) is 0 Å². The Morgan fingerprint density at radius 1 is 1.18 bits per heavy atom. The van der Waals surface area contributed by atoms with Crippen molar-refractivity contribution in [2.75, 3.05) is 16.8 Å². The molecular formula is C20H20BrN3O4. The summed E-state index contributed by atoms with van der Waals surface area (Å²) in [4.78, 5) is 37.3. The molecule has 1 aliphatic rings. The maximum atomic E-state index is 12.7. The van der Waals surface area contributed by atoms with E-state index in [2.05, 4.69) is 21.2 Å². The monoisotopic (exact) mass is 445 g/mol. The van der Waals surface area contributed by atoms with E-state index in [0.717, 1.165) is 15.6 Å². The third-order valence-corrected chi connectivity index (χ3v) is 5.81. The lowest BCUT2D eigenvalue weighted by Crippen LogP contribution is -2.28. The number of hydrogen-bond acceptors (Lipinski definition) is 4. The van der Waals surface area contributed by atoms with Crippen LogP contribution in [-0.2, 0) is 9.59 Å². The Morgan fingerprint density at radius 3 is 2.57 bits per heavy atom. The van der Waals surface area contributed by atoms with E-state index in [4.69, 9.17) is 0 Å². The predicted octanol–water partition coefficient (Wildman–Crippen LogP) is 4.27. The molecule has 0 aliphatic carbocycles. The number of rotatable bonds is 4. The summed E-state index contributed by atoms with van der Waals surface area (Å²) >= 11 is 3.46. The molecule has 0 saturated carbocycles. The van der Waals surface area contributed by atoms with Gasteiger partial charge in [-0.3, -0.25) is 19.7 Å². The number of carbonyl (C=O) groups excluding carboxylic acids is 2. The fraction of sp³-hybridized carbons (Fsp3) is 0.300. The summed E-state index contributed by atoms with van der Waals surface area (Å²) in [5, 5.41) is 14.1. The number of halogens is 1. The zero-order chi connectivity index (χ0) is 20.6. The van der Waals surface area contributed by atoms with Gasteiger partial charge in [0.2, 0.25) is 11.8 Å². The molecule has 0 bridgehead atoms. The first-order valence-corrected chi connectivity index (χ1v) is 9.59. The van der Waals surface area contributed by atoms with Crippen LogP contribution in [-0.4, -0.2) is 23.3 Å². The number of benzene rings is 2. The molecule has 1 fully saturated rings. The van der Waals surface area contributed by atoms with Crippen molar-refractivity contribution in [2.45, 2.75) is 27.2 Å². The first-order chi connectivity index (χ1) is 13.2. The van der Waals surface area contributed by atoms with Gasteiger partial charge in [0, 0.05) is 34.8 Å². The van der Waals surface area contributed by atoms with E-state index in [-0.39, 0.29) is 30.5 Å². The number of aryl methyl sites for hydroxylation is 3. The quantitative estimate of drug-likeness (QED) is 0.561. The van der Waals surface area contributed by atoms with Crippen molar-refractivity contribution < 1.29 is 14.5 Å². The van der Waals surface area contributed by atoms with E-state index in [1.807, 2.05) is 26.0 Å². The van der Waals surface area contributed by atoms with Crippen LogP contribution < -0.4 is 10.2 Å². The van der Waals surface area contributed by atoms with Crippen LogP contribution in [0.5, 0.6) is 0 Å². The Morgan fingerprint density at radius 2 is 1.89 bits per heavy atom. The van der Waals surface area contributed by atoms with Gasteiger partial charge in [-0.1, -0.05) is 22.0 Å². The first-order valence-electron chi connectivity index (χ1n) is 8.80. The predicted molar refractivity (Wildman–Crippen MR) is 111 cm³/mol. The fourth-order valence-corrected chi connectivity index (χ4v) is 3.70. The zero-order valence-electron chi connectivity index (χ0n) is 15.8. The van der Waals surface area contributed by atoms with E-state index in [0.29, 0.717) is 16.9 Å². The van der Waals surface area contributed by atoms with E-state index >= 15 is 0 Å². The molecule has 2 aromatic carbocycles. The molecule has 1 aliphatic heterocycles. The number of carbonyl (C=O) groups is 2. The third-order valence-electron chi connectivity index (χ3n) is 4.96. The average Bonchev–Trinajstić information content (AvgIpc) is 3.01. The Kier molecular flexibility index (Phi) is 5.51. The molecule has 8 heteroatoms. The van der Waals surface area contributed by atoms with Crippen LogP contribution in [0.3, 0.4) is 0 Å². The van der Waals surface area contributed by atoms with Crippen molar-refractivity contribution in [1.29, 1.82) is 0 Å². The Bertz CT molecular complexity index is 990. The number of nitro groups is 1. The highest BCUT2D eigenvalue weighted by molar-refractivity contribution is 9.10. The smallest absolute Gasteiger partial charge is 0.274 e. The molecule has 7 nitrogen and oxygen atoms in total. The first kappa shape index (κ1) is 20.0. The van der Waals surface area contributed by atoms with Gasteiger partial charge in [0.25, 0.3) is 5.69 Å². The zero-order valence-corrected chi connectivity index (χ0v) is 17.4. The number of amides is 2. The van der Waals surface area contributed by atoms with Gasteiger partial charge in [-0.2, -0.15) is 0 Å². The number of nitrogens with zero attached hydrogens (tertiary/aromatic N) is 2. The molecule has 0 radical (unpaired) electrons. The second kappa shape index (κ2) is 7.71. The Balaban J connectivity index is 1.77. The van der Waals surface area contributed by atoms with Gasteiger partial charge in [-0.25, -0.2) is 0 Å². The van der Waals surface area contributed by atoms with Gasteiger partial charge in [0.15, 0.2) is 0 Å². The molecule has 1 heterocycles. The average molecular weight is 446 g/mol. The molecule has 146 valence electrons. The van der Waals surface area contributed by atoms with E-state index in [1.165, 1.54) is 11.0 Å². The summed E-state index contributed by atoms with van der Waals surface area (Å²) in [5.74, 6) is -0.972. The molecule has 2 amide bonds. The van der Waals surface area contributed by atoms with Gasteiger partial charge < -0.3 is 10.2 Å². The maximum absolute atomic E-state index is 12.7. The highest BCUT2D eigenvalue weighted by atomic mass is 79.9. The number of anilines is 2. The second-order valence-electron chi connectivity index (χ2n) is 7.04. The van der Waals surface area contributed by atoms with Crippen LogP contribution in [0.4, 0.5) is 17.1 Å². The molecular weight excluding hydrogens is 426 g/mol. The van der Waals surface area contributed by atoms with Crippen LogP contribution in [0, 0.1) is 36.8 Å². The minimum absolute atomic E-state index is 0.0424. The van der Waals surface area contributed by atoms with Gasteiger partial charge >= 0.3 is 0 Å². The lowest BCUT2D eigenvalue weighted by Gasteiger charge is -2.17. The summed E-state index contributed by atoms with van der Waals surface area (Å²) in [6, 6.07) is 8.48. The molecule has 1 saturated heterocycles. The molecule has 1 atom stereocenters. The third kappa shape index (κ3) is 3.91. The minimum atomic E-state index is -0.517. The van der Waals surface area contributed by atoms with E-state index < -0.39 is 10.8 Å². The molecule has 2 aromatic rings. The van der Waals surface area contributed by atoms with Crippen LogP contribution in [0.15, 0.2) is 34.8 Å². The van der Waals surface area contributed by atoms with Crippen molar-refractivity contribution in [1.82, 2.24) is 0 Å². The van der Waals surface area contributed by atoms with Gasteiger partial charge in [-0.15, -0.1) is 0 Å². The normalized spacial score (nSPS) is 16.4. The Labute approximate surface area is 171 Å². The molecule has 28 heavy (non-hydrogen) atoms. The molecule has 1 N–H and O–H groups in total. The standard InChI is InChI=1S/C20H20BrN3O4/c1-11-4-5-15(9-18(11)24(27)28)23-10-14(8-19(23)25)20(26)22-17-7-12(2)16(21)6-13(17)3/h4-7,9,14H,8,10H2,1-3H3,(H,22,26)/t14-/m0/s1. The van der Waals surface area contributed by atoms with Gasteiger partial charge in [0.1, 0.15) is 0 Å². The number of nitrogens with one attached hydrogen (secondary N) is 1. The maximum Gasteiger partial charge on any atom is 0.274 e. The van der Waals surface area contributed by atoms with Crippen molar-refractivity contribution >= 4 is 44.8 Å². The van der Waals surface area contributed by atoms with E-state index in [1.54, 1.807) is 19.1 Å². The van der Waals surface area contributed by atoms with Gasteiger partial charge in [-0.05, 0) is 50.1 Å². The number of hydrogen-bond donors (Lipinski definition) is 1. The summed E-state index contributed by atoms with van der Waals surface area (Å²) in [6.07, 6.45) is 0.0715. The largest absolute Gasteiger partial charge is 0.326 e. The summed E-state index contributed by atoms with van der Waals surface area (Å²) in [7, 11) is 0. The minimum Gasteiger partial charge on any atom is -0.326 e. The number of nitro benzene ring substituents is 1. The molecule has 3 rings (SSSR count). The summed E-state index contributed by atoms with van der Waals surface area (Å²) in [6.45, 7) is 5.67. The lowest BCUT2D eigenvalue weighted by atomic mass is 10.1. The summed E-state index contributed by atoms with van der Waals surface area (Å²) in [5.41, 5.74) is 3.55. The topological polar surface area (TPSA) is 92.6 Å². The lowest BCUT2D eigenvalue weighted by molar-refractivity contribution is -0.385. The van der Waals surface area contributed by atoms with Crippen LogP contribution >= 0.6 is 15.9 Å². The molecule has 0 unspecified atom stereocenters. The van der Waals surface area contributed by atoms with Crippen LogP contribution in [0.1, 0.15) is 23.1 Å².